The summed E-state index contributed by atoms with van der Waals surface area (Å²) in [6, 6.07) is 7.80. The predicted molar refractivity (Wildman–Crippen MR) is 81.0 cm³/mol. The quantitative estimate of drug-likeness (QED) is 0.674. The standard InChI is InChI=1S/C14H16N4O2S/c19-10-17-5-7-18(8-6-17)13(20)9-21-14-15-11-3-1-2-4-12(11)16-14/h1-4,10H,5-9H2,(H,15,16). The summed E-state index contributed by atoms with van der Waals surface area (Å²) in [7, 11) is 0. The van der Waals surface area contributed by atoms with Crippen molar-refractivity contribution in [3.8, 4) is 0 Å². The lowest BCUT2D eigenvalue weighted by Gasteiger charge is -2.32. The number of aromatic amines is 1. The maximum Gasteiger partial charge on any atom is 0.233 e. The first-order chi connectivity index (χ1) is 10.3. The molecule has 1 aromatic carbocycles. The number of hydrogen-bond acceptors (Lipinski definition) is 4. The largest absolute Gasteiger partial charge is 0.342 e. The second-order valence-electron chi connectivity index (χ2n) is 4.87. The van der Waals surface area contributed by atoms with E-state index in [1.54, 1.807) is 9.80 Å². The molecule has 1 saturated heterocycles. The summed E-state index contributed by atoms with van der Waals surface area (Å²) in [6.45, 7) is 2.45. The van der Waals surface area contributed by atoms with Crippen LogP contribution in [0.1, 0.15) is 0 Å². The third-order valence-corrected chi connectivity index (χ3v) is 4.37. The Hall–Kier alpha value is -2.02. The van der Waals surface area contributed by atoms with Crippen molar-refractivity contribution < 1.29 is 9.59 Å². The van der Waals surface area contributed by atoms with Crippen LogP contribution in [0.15, 0.2) is 29.4 Å². The number of H-pyrrole nitrogens is 1. The van der Waals surface area contributed by atoms with Crippen molar-refractivity contribution in [1.82, 2.24) is 19.8 Å². The zero-order chi connectivity index (χ0) is 14.7. The van der Waals surface area contributed by atoms with Crippen molar-refractivity contribution in [2.24, 2.45) is 0 Å². The van der Waals surface area contributed by atoms with Crippen LogP contribution in [0.4, 0.5) is 0 Å². The lowest BCUT2D eigenvalue weighted by molar-refractivity contribution is -0.132. The Morgan fingerprint density at radius 1 is 1.29 bits per heavy atom. The van der Waals surface area contributed by atoms with E-state index < -0.39 is 0 Å². The van der Waals surface area contributed by atoms with Gasteiger partial charge < -0.3 is 14.8 Å². The van der Waals surface area contributed by atoms with Gasteiger partial charge in [0.05, 0.1) is 16.8 Å². The number of thioether (sulfide) groups is 1. The lowest BCUT2D eigenvalue weighted by Crippen LogP contribution is -2.48. The third kappa shape index (κ3) is 3.18. The molecule has 2 heterocycles. The number of carbonyl (C=O) groups excluding carboxylic acids is 2. The van der Waals surface area contributed by atoms with Crippen LogP contribution in [0.2, 0.25) is 0 Å². The molecule has 0 saturated carbocycles. The first kappa shape index (κ1) is 13.9. The Morgan fingerprint density at radius 3 is 2.76 bits per heavy atom. The van der Waals surface area contributed by atoms with Crippen LogP contribution in [-0.2, 0) is 9.59 Å². The second-order valence-corrected chi connectivity index (χ2v) is 5.83. The topological polar surface area (TPSA) is 69.3 Å². The van der Waals surface area contributed by atoms with Crippen LogP contribution < -0.4 is 0 Å². The van der Waals surface area contributed by atoms with E-state index in [1.165, 1.54) is 11.8 Å². The molecule has 0 bridgehead atoms. The Labute approximate surface area is 126 Å². The van der Waals surface area contributed by atoms with Crippen LogP contribution in [0, 0.1) is 0 Å². The van der Waals surface area contributed by atoms with Gasteiger partial charge in [-0.1, -0.05) is 23.9 Å². The summed E-state index contributed by atoms with van der Waals surface area (Å²) in [6.07, 6.45) is 0.838. The van der Waals surface area contributed by atoms with E-state index in [0.29, 0.717) is 31.9 Å². The molecule has 1 N–H and O–H groups in total. The number of nitrogens with zero attached hydrogens (tertiary/aromatic N) is 3. The normalized spacial score (nSPS) is 15.4. The minimum atomic E-state index is 0.0889. The zero-order valence-corrected chi connectivity index (χ0v) is 12.3. The SMILES string of the molecule is O=CN1CCN(C(=O)CSc2nc3ccccc3[nH]2)CC1. The highest BCUT2D eigenvalue weighted by molar-refractivity contribution is 7.99. The lowest BCUT2D eigenvalue weighted by atomic mass is 10.3. The number of aromatic nitrogens is 2. The highest BCUT2D eigenvalue weighted by Crippen LogP contribution is 2.19. The van der Waals surface area contributed by atoms with Crippen molar-refractivity contribution in [3.05, 3.63) is 24.3 Å². The molecule has 2 aromatic rings. The molecule has 3 rings (SSSR count). The summed E-state index contributed by atoms with van der Waals surface area (Å²) in [5.41, 5.74) is 1.89. The molecular weight excluding hydrogens is 288 g/mol. The van der Waals surface area contributed by atoms with E-state index in [9.17, 15) is 9.59 Å². The molecule has 2 amide bonds. The van der Waals surface area contributed by atoms with Gasteiger partial charge >= 0.3 is 0 Å². The average molecular weight is 304 g/mol. The molecule has 1 aliphatic rings. The molecule has 0 aliphatic carbocycles. The minimum Gasteiger partial charge on any atom is -0.342 e. The number of hydrogen-bond donors (Lipinski definition) is 1. The van der Waals surface area contributed by atoms with E-state index in [4.69, 9.17) is 0 Å². The number of carbonyl (C=O) groups is 2. The molecule has 0 atom stereocenters. The van der Waals surface area contributed by atoms with Crippen molar-refractivity contribution >= 4 is 35.1 Å². The number of benzene rings is 1. The van der Waals surface area contributed by atoms with Crippen molar-refractivity contribution in [2.45, 2.75) is 5.16 Å². The Balaban J connectivity index is 1.55. The summed E-state index contributed by atoms with van der Waals surface area (Å²) in [5, 5.41) is 0.760. The van der Waals surface area contributed by atoms with Crippen LogP contribution in [0.3, 0.4) is 0 Å². The summed E-state index contributed by atoms with van der Waals surface area (Å²) in [5.74, 6) is 0.451. The zero-order valence-electron chi connectivity index (χ0n) is 11.5. The fraction of sp³-hybridized carbons (Fsp3) is 0.357. The number of fused-ring (bicyclic) bond motifs is 1. The van der Waals surface area contributed by atoms with E-state index in [-0.39, 0.29) is 5.91 Å². The Kier molecular flexibility index (Phi) is 4.10. The first-order valence-electron chi connectivity index (χ1n) is 6.81. The average Bonchev–Trinajstić information content (AvgIpc) is 2.95. The molecule has 1 aromatic heterocycles. The molecule has 0 unspecified atom stereocenters. The number of nitrogens with one attached hydrogen (secondary N) is 1. The van der Waals surface area contributed by atoms with Gasteiger partial charge in [-0.25, -0.2) is 4.98 Å². The summed E-state index contributed by atoms with van der Waals surface area (Å²) < 4.78 is 0. The smallest absolute Gasteiger partial charge is 0.233 e. The van der Waals surface area contributed by atoms with E-state index in [0.717, 1.165) is 22.6 Å². The van der Waals surface area contributed by atoms with Crippen LogP contribution in [-0.4, -0.2) is 64.0 Å². The Morgan fingerprint density at radius 2 is 2.05 bits per heavy atom. The number of piperazine rings is 1. The van der Waals surface area contributed by atoms with Crippen molar-refractivity contribution in [3.63, 3.8) is 0 Å². The monoisotopic (exact) mass is 304 g/mol. The van der Waals surface area contributed by atoms with Gasteiger partial charge in [0.15, 0.2) is 5.16 Å². The highest BCUT2D eigenvalue weighted by Gasteiger charge is 2.20. The summed E-state index contributed by atoms with van der Waals surface area (Å²) in [4.78, 5) is 33.9. The van der Waals surface area contributed by atoms with Crippen LogP contribution >= 0.6 is 11.8 Å². The maximum atomic E-state index is 12.1. The van der Waals surface area contributed by atoms with Gasteiger partial charge in [0.1, 0.15) is 0 Å². The number of imidazole rings is 1. The molecular formula is C14H16N4O2S. The van der Waals surface area contributed by atoms with Gasteiger partial charge in [0, 0.05) is 26.2 Å². The molecule has 0 radical (unpaired) electrons. The Bertz CT molecular complexity index is 616. The van der Waals surface area contributed by atoms with Crippen LogP contribution in [0.25, 0.3) is 11.0 Å². The highest BCUT2D eigenvalue weighted by atomic mass is 32.2. The van der Waals surface area contributed by atoms with Gasteiger partial charge in [0.25, 0.3) is 0 Å². The number of amides is 2. The fourth-order valence-electron chi connectivity index (χ4n) is 2.30. The molecule has 1 fully saturated rings. The molecule has 0 spiro atoms. The summed E-state index contributed by atoms with van der Waals surface area (Å²) >= 11 is 1.41. The first-order valence-corrected chi connectivity index (χ1v) is 7.79. The second kappa shape index (κ2) is 6.17. The van der Waals surface area contributed by atoms with Gasteiger partial charge in [-0.05, 0) is 12.1 Å². The molecule has 110 valence electrons. The fourth-order valence-corrected chi connectivity index (χ4v) is 3.08. The van der Waals surface area contributed by atoms with E-state index in [1.807, 2.05) is 24.3 Å². The third-order valence-electron chi connectivity index (χ3n) is 3.52. The molecule has 21 heavy (non-hydrogen) atoms. The molecule has 1 aliphatic heterocycles. The van der Waals surface area contributed by atoms with Crippen molar-refractivity contribution in [1.29, 1.82) is 0 Å². The predicted octanol–water partition coefficient (Wildman–Crippen LogP) is 0.956. The van der Waals surface area contributed by atoms with Gasteiger partial charge in [-0.2, -0.15) is 0 Å². The van der Waals surface area contributed by atoms with E-state index >= 15 is 0 Å². The molecule has 6 nitrogen and oxygen atoms in total. The maximum absolute atomic E-state index is 12.1. The minimum absolute atomic E-state index is 0.0889. The van der Waals surface area contributed by atoms with E-state index in [2.05, 4.69) is 9.97 Å². The van der Waals surface area contributed by atoms with Gasteiger partial charge in [0.2, 0.25) is 12.3 Å². The van der Waals surface area contributed by atoms with Crippen molar-refractivity contribution in [2.75, 3.05) is 31.9 Å². The number of rotatable bonds is 4. The van der Waals surface area contributed by atoms with Crippen LogP contribution in [0.5, 0.6) is 0 Å². The van der Waals surface area contributed by atoms with Gasteiger partial charge in [-0.3, -0.25) is 9.59 Å². The number of para-hydroxylation sites is 2. The molecule has 7 heteroatoms. The van der Waals surface area contributed by atoms with Gasteiger partial charge in [-0.15, -0.1) is 0 Å².